The molecule has 7 heteroatoms. The van der Waals surface area contributed by atoms with Gasteiger partial charge in [-0.05, 0) is 43.0 Å². The Morgan fingerprint density at radius 2 is 1.92 bits per heavy atom. The highest BCUT2D eigenvalue weighted by Gasteiger charge is 2.48. The topological polar surface area (TPSA) is 83.5 Å². The van der Waals surface area contributed by atoms with E-state index >= 15 is 0 Å². The standard InChI is InChI=1S/C30H38O7/c1-4-23(26-20-36-30(37-26)16-10-7-11-17-30)27(29(32)34-5-2)28(31)22-14-15-24(25(18-22)33-3)35-19-21-12-8-6-9-13-21/h4,6,8-9,12-15,18,23,26-28,31H,1,5,7,10-11,16-17,19-20H2,2-3H3/t23-,26-,27+,28+/m1/s1. The highest BCUT2D eigenvalue weighted by atomic mass is 16.7. The summed E-state index contributed by atoms with van der Waals surface area (Å²) in [6, 6.07) is 15.0. The van der Waals surface area contributed by atoms with E-state index in [0.29, 0.717) is 30.3 Å². The van der Waals surface area contributed by atoms with Gasteiger partial charge in [0.2, 0.25) is 0 Å². The zero-order chi connectivity index (χ0) is 26.3. The summed E-state index contributed by atoms with van der Waals surface area (Å²) < 4.78 is 29.5. The van der Waals surface area contributed by atoms with Crippen molar-refractivity contribution >= 4 is 5.97 Å². The number of aliphatic hydroxyl groups is 1. The number of methoxy groups -OCH3 is 1. The van der Waals surface area contributed by atoms with Gasteiger partial charge in [0.05, 0.1) is 38.4 Å². The average molecular weight is 511 g/mol. The summed E-state index contributed by atoms with van der Waals surface area (Å²) in [5, 5.41) is 11.5. The lowest BCUT2D eigenvalue weighted by Crippen LogP contribution is -2.40. The van der Waals surface area contributed by atoms with Gasteiger partial charge in [0.1, 0.15) is 6.61 Å². The van der Waals surface area contributed by atoms with E-state index in [1.807, 2.05) is 30.3 Å². The molecule has 1 spiro atoms. The molecule has 200 valence electrons. The SMILES string of the molecule is C=C[C@@H]([C@H](C(=O)OCC)[C@@H](O)c1ccc(OCc2ccccc2)c(OC)c1)[C@H]1COC2(CCCCC2)O1. The summed E-state index contributed by atoms with van der Waals surface area (Å²) >= 11 is 0. The predicted molar refractivity (Wildman–Crippen MR) is 139 cm³/mol. The second-order valence-corrected chi connectivity index (χ2v) is 9.66. The summed E-state index contributed by atoms with van der Waals surface area (Å²) in [7, 11) is 1.55. The summed E-state index contributed by atoms with van der Waals surface area (Å²) in [6.07, 6.45) is 5.03. The Balaban J connectivity index is 1.55. The average Bonchev–Trinajstić information content (AvgIpc) is 3.33. The predicted octanol–water partition coefficient (Wildman–Crippen LogP) is 5.36. The molecule has 0 radical (unpaired) electrons. The lowest BCUT2D eigenvalue weighted by atomic mass is 9.81. The Kier molecular flexibility index (Phi) is 9.24. The molecule has 1 N–H and O–H groups in total. The van der Waals surface area contributed by atoms with Gasteiger partial charge in [0.15, 0.2) is 17.3 Å². The number of hydrogen-bond acceptors (Lipinski definition) is 7. The fourth-order valence-corrected chi connectivity index (χ4v) is 5.31. The van der Waals surface area contributed by atoms with E-state index < -0.39 is 35.8 Å². The Bertz CT molecular complexity index is 1030. The molecule has 4 rings (SSSR count). The molecule has 2 fully saturated rings. The van der Waals surface area contributed by atoms with Gasteiger partial charge in [0, 0.05) is 18.8 Å². The summed E-state index contributed by atoms with van der Waals surface area (Å²) in [5.41, 5.74) is 1.54. The van der Waals surface area contributed by atoms with Crippen molar-refractivity contribution in [3.05, 3.63) is 72.3 Å². The van der Waals surface area contributed by atoms with E-state index in [4.69, 9.17) is 23.7 Å². The summed E-state index contributed by atoms with van der Waals surface area (Å²) in [6.45, 7) is 6.65. The molecule has 37 heavy (non-hydrogen) atoms. The van der Waals surface area contributed by atoms with E-state index in [-0.39, 0.29) is 6.61 Å². The molecule has 0 amide bonds. The first-order chi connectivity index (χ1) is 18.0. The zero-order valence-corrected chi connectivity index (χ0v) is 21.8. The molecule has 2 aromatic rings. The molecule has 0 aromatic heterocycles. The van der Waals surface area contributed by atoms with Crippen molar-refractivity contribution in [2.45, 2.75) is 63.6 Å². The van der Waals surface area contributed by atoms with E-state index in [9.17, 15) is 9.90 Å². The fraction of sp³-hybridized carbons (Fsp3) is 0.500. The number of benzene rings is 2. The van der Waals surface area contributed by atoms with Crippen molar-refractivity contribution in [3.63, 3.8) is 0 Å². The third kappa shape index (κ3) is 6.35. The second kappa shape index (κ2) is 12.6. The molecule has 1 heterocycles. The largest absolute Gasteiger partial charge is 0.493 e. The smallest absolute Gasteiger partial charge is 0.312 e. The number of esters is 1. The van der Waals surface area contributed by atoms with Crippen molar-refractivity contribution in [3.8, 4) is 11.5 Å². The first-order valence-electron chi connectivity index (χ1n) is 13.1. The van der Waals surface area contributed by atoms with Crippen LogP contribution in [0.4, 0.5) is 0 Å². The third-order valence-electron chi connectivity index (χ3n) is 7.27. The van der Waals surface area contributed by atoms with Crippen molar-refractivity contribution in [1.82, 2.24) is 0 Å². The van der Waals surface area contributed by atoms with Crippen LogP contribution in [0.1, 0.15) is 56.3 Å². The first-order valence-corrected chi connectivity index (χ1v) is 13.1. The number of hydrogen-bond donors (Lipinski definition) is 1. The van der Waals surface area contributed by atoms with Gasteiger partial charge in [-0.1, -0.05) is 48.9 Å². The molecule has 1 saturated carbocycles. The van der Waals surface area contributed by atoms with Crippen LogP contribution in [0.15, 0.2) is 61.2 Å². The van der Waals surface area contributed by atoms with Crippen molar-refractivity contribution < 1.29 is 33.6 Å². The van der Waals surface area contributed by atoms with Crippen LogP contribution in [-0.4, -0.2) is 43.3 Å². The quantitative estimate of drug-likeness (QED) is 0.322. The number of aliphatic hydroxyl groups excluding tert-OH is 1. The molecule has 1 saturated heterocycles. The van der Waals surface area contributed by atoms with Gasteiger partial charge in [-0.15, -0.1) is 6.58 Å². The number of carbonyl (C=O) groups is 1. The molecule has 1 aliphatic carbocycles. The number of rotatable bonds is 11. The zero-order valence-electron chi connectivity index (χ0n) is 21.8. The molecule has 0 bridgehead atoms. The van der Waals surface area contributed by atoms with Crippen LogP contribution in [0.25, 0.3) is 0 Å². The maximum Gasteiger partial charge on any atom is 0.312 e. The van der Waals surface area contributed by atoms with Crippen molar-refractivity contribution in [2.24, 2.45) is 11.8 Å². The van der Waals surface area contributed by atoms with Crippen LogP contribution in [0.3, 0.4) is 0 Å². The minimum Gasteiger partial charge on any atom is -0.493 e. The normalized spacial score (nSPS) is 21.1. The van der Waals surface area contributed by atoms with E-state index in [2.05, 4.69) is 6.58 Å². The number of ether oxygens (including phenoxy) is 5. The first kappa shape index (κ1) is 27.2. The maximum atomic E-state index is 13.2. The van der Waals surface area contributed by atoms with E-state index in [1.54, 1.807) is 38.3 Å². The molecular formula is C30H38O7. The Morgan fingerprint density at radius 3 is 2.59 bits per heavy atom. The van der Waals surface area contributed by atoms with Gasteiger partial charge in [-0.3, -0.25) is 4.79 Å². The Labute approximate surface area is 219 Å². The molecule has 2 aliphatic rings. The molecule has 2 aromatic carbocycles. The maximum absolute atomic E-state index is 13.2. The molecule has 1 aliphatic heterocycles. The highest BCUT2D eigenvalue weighted by Crippen LogP contribution is 2.43. The Hall–Kier alpha value is -2.87. The van der Waals surface area contributed by atoms with Crippen LogP contribution in [0.2, 0.25) is 0 Å². The van der Waals surface area contributed by atoms with Crippen molar-refractivity contribution in [2.75, 3.05) is 20.3 Å². The summed E-state index contributed by atoms with van der Waals surface area (Å²) in [5.74, 6) is -1.53. The van der Waals surface area contributed by atoms with Crippen LogP contribution < -0.4 is 9.47 Å². The molecule has 4 atom stereocenters. The van der Waals surface area contributed by atoms with Gasteiger partial charge >= 0.3 is 5.97 Å². The highest BCUT2D eigenvalue weighted by molar-refractivity contribution is 5.74. The van der Waals surface area contributed by atoms with Crippen LogP contribution >= 0.6 is 0 Å². The molecule has 0 unspecified atom stereocenters. The van der Waals surface area contributed by atoms with E-state index in [1.165, 1.54) is 6.42 Å². The summed E-state index contributed by atoms with van der Waals surface area (Å²) in [4.78, 5) is 13.2. The molecular weight excluding hydrogens is 472 g/mol. The third-order valence-corrected chi connectivity index (χ3v) is 7.27. The Morgan fingerprint density at radius 1 is 1.16 bits per heavy atom. The monoisotopic (exact) mass is 510 g/mol. The van der Waals surface area contributed by atoms with Crippen LogP contribution in [0, 0.1) is 11.8 Å². The second-order valence-electron chi connectivity index (χ2n) is 9.66. The minimum atomic E-state index is -1.18. The van der Waals surface area contributed by atoms with Crippen molar-refractivity contribution in [1.29, 1.82) is 0 Å². The van der Waals surface area contributed by atoms with Gasteiger partial charge in [-0.25, -0.2) is 0 Å². The van der Waals surface area contributed by atoms with Crippen LogP contribution in [-0.2, 0) is 25.6 Å². The lowest BCUT2D eigenvalue weighted by Gasteiger charge is -2.34. The molecule has 7 nitrogen and oxygen atoms in total. The van der Waals surface area contributed by atoms with E-state index in [0.717, 1.165) is 31.2 Å². The van der Waals surface area contributed by atoms with Crippen LogP contribution in [0.5, 0.6) is 11.5 Å². The number of carbonyl (C=O) groups excluding carboxylic acids is 1. The fourth-order valence-electron chi connectivity index (χ4n) is 5.31. The van der Waals surface area contributed by atoms with Gasteiger partial charge in [-0.2, -0.15) is 0 Å². The van der Waals surface area contributed by atoms with Gasteiger partial charge in [0.25, 0.3) is 0 Å². The van der Waals surface area contributed by atoms with Gasteiger partial charge < -0.3 is 28.8 Å². The lowest BCUT2D eigenvalue weighted by molar-refractivity contribution is -0.194. The minimum absolute atomic E-state index is 0.202.